The van der Waals surface area contributed by atoms with Gasteiger partial charge in [-0.1, -0.05) is 0 Å². The highest BCUT2D eigenvalue weighted by Gasteiger charge is 2.18. The van der Waals surface area contributed by atoms with Crippen LogP contribution in [0, 0.1) is 0 Å². The maximum atomic E-state index is 12.4. The highest BCUT2D eigenvalue weighted by atomic mass is 32.1. The molecular formula is C19H16N2O7S. The Bertz CT molecular complexity index is 972. The number of esters is 2. The third-order valence-electron chi connectivity index (χ3n) is 3.89. The van der Waals surface area contributed by atoms with Crippen LogP contribution in [0.4, 0.5) is 5.69 Å². The van der Waals surface area contributed by atoms with Gasteiger partial charge in [0.25, 0.3) is 5.91 Å². The number of benzene rings is 2. The molecule has 1 aliphatic rings. The van der Waals surface area contributed by atoms with E-state index in [-0.39, 0.29) is 23.0 Å². The number of rotatable bonds is 4. The fraction of sp³-hybridized carbons (Fsp3) is 0.158. The van der Waals surface area contributed by atoms with Gasteiger partial charge >= 0.3 is 11.9 Å². The molecule has 0 aliphatic carbocycles. The van der Waals surface area contributed by atoms with Crippen LogP contribution in [-0.4, -0.2) is 44.0 Å². The van der Waals surface area contributed by atoms with Crippen molar-refractivity contribution in [3.8, 4) is 11.5 Å². The van der Waals surface area contributed by atoms with Crippen LogP contribution in [0.3, 0.4) is 0 Å². The van der Waals surface area contributed by atoms with E-state index in [0.717, 1.165) is 0 Å². The van der Waals surface area contributed by atoms with Crippen LogP contribution in [0.5, 0.6) is 11.5 Å². The Labute approximate surface area is 170 Å². The summed E-state index contributed by atoms with van der Waals surface area (Å²) in [6.45, 7) is 0.0967. The van der Waals surface area contributed by atoms with Gasteiger partial charge in [-0.25, -0.2) is 9.59 Å². The lowest BCUT2D eigenvalue weighted by Gasteiger charge is -2.12. The Balaban J connectivity index is 1.74. The van der Waals surface area contributed by atoms with Crippen LogP contribution in [0.1, 0.15) is 31.1 Å². The molecule has 9 nitrogen and oxygen atoms in total. The summed E-state index contributed by atoms with van der Waals surface area (Å²) < 4.78 is 19.8. The molecule has 2 N–H and O–H groups in total. The van der Waals surface area contributed by atoms with Crippen LogP contribution in [0.2, 0.25) is 0 Å². The van der Waals surface area contributed by atoms with E-state index >= 15 is 0 Å². The highest BCUT2D eigenvalue weighted by Crippen LogP contribution is 2.32. The Morgan fingerprint density at radius 1 is 0.897 bits per heavy atom. The number of fused-ring (bicyclic) bond motifs is 1. The SMILES string of the molecule is COC(=O)c1cc(NC(=S)NC(=O)c2ccc3c(c2)OCO3)cc(C(=O)OC)c1. The normalized spacial score (nSPS) is 11.4. The number of thiocarbonyl (C=S) groups is 1. The average Bonchev–Trinajstić information content (AvgIpc) is 3.19. The largest absolute Gasteiger partial charge is 0.465 e. The van der Waals surface area contributed by atoms with Gasteiger partial charge in [-0.05, 0) is 48.6 Å². The van der Waals surface area contributed by atoms with E-state index in [2.05, 4.69) is 20.1 Å². The first kappa shape index (κ1) is 20.1. The third kappa shape index (κ3) is 4.61. The monoisotopic (exact) mass is 416 g/mol. The van der Waals surface area contributed by atoms with Crippen molar-refractivity contribution in [2.45, 2.75) is 0 Å². The molecule has 0 aromatic heterocycles. The summed E-state index contributed by atoms with van der Waals surface area (Å²) in [6, 6.07) is 8.91. The molecule has 10 heteroatoms. The van der Waals surface area contributed by atoms with E-state index in [0.29, 0.717) is 22.7 Å². The minimum absolute atomic E-state index is 0.0366. The van der Waals surface area contributed by atoms with Crippen LogP contribution >= 0.6 is 12.2 Å². The lowest BCUT2D eigenvalue weighted by Crippen LogP contribution is -2.34. The van der Waals surface area contributed by atoms with Crippen molar-refractivity contribution in [1.29, 1.82) is 0 Å². The summed E-state index contributed by atoms with van der Waals surface area (Å²) in [5, 5.41) is 5.24. The zero-order valence-corrected chi connectivity index (χ0v) is 16.3. The molecule has 150 valence electrons. The summed E-state index contributed by atoms with van der Waals surface area (Å²) in [4.78, 5) is 36.1. The predicted octanol–water partition coefficient (Wildman–Crippen LogP) is 2.12. The average molecular weight is 416 g/mol. The zero-order valence-electron chi connectivity index (χ0n) is 15.4. The minimum Gasteiger partial charge on any atom is -0.465 e. The van der Waals surface area contributed by atoms with Gasteiger partial charge in [0, 0.05) is 11.3 Å². The molecule has 0 unspecified atom stereocenters. The van der Waals surface area contributed by atoms with E-state index in [1.54, 1.807) is 12.1 Å². The van der Waals surface area contributed by atoms with Crippen LogP contribution in [-0.2, 0) is 9.47 Å². The molecule has 0 atom stereocenters. The van der Waals surface area contributed by atoms with Gasteiger partial charge < -0.3 is 24.3 Å². The maximum Gasteiger partial charge on any atom is 0.337 e. The molecule has 0 fully saturated rings. The number of ether oxygens (including phenoxy) is 4. The minimum atomic E-state index is -0.644. The van der Waals surface area contributed by atoms with E-state index in [4.69, 9.17) is 21.7 Å². The quantitative estimate of drug-likeness (QED) is 0.572. The van der Waals surface area contributed by atoms with Gasteiger partial charge in [0.05, 0.1) is 25.3 Å². The number of amides is 1. The number of methoxy groups -OCH3 is 2. The van der Waals surface area contributed by atoms with Crippen molar-refractivity contribution in [1.82, 2.24) is 5.32 Å². The van der Waals surface area contributed by atoms with E-state index in [9.17, 15) is 14.4 Å². The number of carbonyl (C=O) groups excluding carboxylic acids is 3. The van der Waals surface area contributed by atoms with Crippen molar-refractivity contribution >= 4 is 40.9 Å². The van der Waals surface area contributed by atoms with Gasteiger partial charge in [-0.3, -0.25) is 10.1 Å². The van der Waals surface area contributed by atoms with E-state index in [1.165, 1.54) is 38.5 Å². The second-order valence-electron chi connectivity index (χ2n) is 5.76. The molecule has 0 bridgehead atoms. The maximum absolute atomic E-state index is 12.4. The molecule has 1 heterocycles. The number of hydrogen-bond donors (Lipinski definition) is 2. The molecule has 1 aliphatic heterocycles. The summed E-state index contributed by atoms with van der Waals surface area (Å²) in [5.41, 5.74) is 0.840. The van der Waals surface area contributed by atoms with Crippen LogP contribution < -0.4 is 20.1 Å². The van der Waals surface area contributed by atoms with Gasteiger partial charge in [0.15, 0.2) is 16.6 Å². The summed E-state index contributed by atoms with van der Waals surface area (Å²) in [6.07, 6.45) is 0. The standard InChI is InChI=1S/C19H16N2O7S/c1-25-17(23)11-5-12(18(24)26-2)7-13(6-11)20-19(29)21-16(22)10-3-4-14-15(8-10)28-9-27-14/h3-8H,9H2,1-2H3,(H2,20,21,22,29). The second-order valence-corrected chi connectivity index (χ2v) is 6.17. The molecule has 0 radical (unpaired) electrons. The van der Waals surface area contributed by atoms with E-state index in [1.807, 2.05) is 0 Å². The van der Waals surface area contributed by atoms with Crippen molar-refractivity contribution in [2.75, 3.05) is 26.3 Å². The fourth-order valence-corrected chi connectivity index (χ4v) is 2.76. The van der Waals surface area contributed by atoms with Crippen molar-refractivity contribution in [3.05, 3.63) is 53.1 Å². The first-order valence-corrected chi connectivity index (χ1v) is 8.66. The summed E-state index contributed by atoms with van der Waals surface area (Å²) >= 11 is 5.15. The van der Waals surface area contributed by atoms with E-state index < -0.39 is 17.8 Å². The topological polar surface area (TPSA) is 112 Å². The molecular weight excluding hydrogens is 400 g/mol. The van der Waals surface area contributed by atoms with Crippen molar-refractivity contribution < 1.29 is 33.3 Å². The lowest BCUT2D eigenvalue weighted by atomic mass is 10.1. The molecule has 0 spiro atoms. The van der Waals surface area contributed by atoms with Crippen LogP contribution in [0.25, 0.3) is 0 Å². The number of nitrogens with one attached hydrogen (secondary N) is 2. The van der Waals surface area contributed by atoms with Crippen LogP contribution in [0.15, 0.2) is 36.4 Å². The Hall–Kier alpha value is -3.66. The molecule has 3 rings (SSSR count). The summed E-state index contributed by atoms with van der Waals surface area (Å²) in [7, 11) is 2.44. The Morgan fingerprint density at radius 2 is 1.52 bits per heavy atom. The number of carbonyl (C=O) groups is 3. The Kier molecular flexibility index (Phi) is 5.93. The first-order chi connectivity index (χ1) is 13.9. The van der Waals surface area contributed by atoms with Gasteiger partial charge in [-0.2, -0.15) is 0 Å². The van der Waals surface area contributed by atoms with Crippen molar-refractivity contribution in [2.24, 2.45) is 0 Å². The van der Waals surface area contributed by atoms with Gasteiger partial charge in [0.2, 0.25) is 6.79 Å². The lowest BCUT2D eigenvalue weighted by molar-refractivity contribution is 0.0599. The summed E-state index contributed by atoms with van der Waals surface area (Å²) in [5.74, 6) is -0.747. The van der Waals surface area contributed by atoms with Gasteiger partial charge in [-0.15, -0.1) is 0 Å². The molecule has 2 aromatic carbocycles. The number of hydrogen-bond acceptors (Lipinski definition) is 8. The number of anilines is 1. The molecule has 1 amide bonds. The van der Waals surface area contributed by atoms with Gasteiger partial charge in [0.1, 0.15) is 0 Å². The fourth-order valence-electron chi connectivity index (χ4n) is 2.55. The first-order valence-electron chi connectivity index (χ1n) is 8.25. The molecule has 2 aromatic rings. The predicted molar refractivity (Wildman–Crippen MR) is 105 cm³/mol. The third-order valence-corrected chi connectivity index (χ3v) is 4.10. The molecule has 0 saturated heterocycles. The molecule has 29 heavy (non-hydrogen) atoms. The zero-order chi connectivity index (χ0) is 21.0. The van der Waals surface area contributed by atoms with Crippen molar-refractivity contribution in [3.63, 3.8) is 0 Å². The smallest absolute Gasteiger partial charge is 0.337 e. The highest BCUT2D eigenvalue weighted by molar-refractivity contribution is 7.80. The Morgan fingerprint density at radius 3 is 2.14 bits per heavy atom. The second kappa shape index (κ2) is 8.57. The molecule has 0 saturated carbocycles.